The number of hydrogen-bond donors (Lipinski definition) is 1. The zero-order valence-corrected chi connectivity index (χ0v) is 12.5. The van der Waals surface area contributed by atoms with Gasteiger partial charge in [-0.1, -0.05) is 20.8 Å². The molecular formula is C16H24FNO. The van der Waals surface area contributed by atoms with Gasteiger partial charge < -0.3 is 5.32 Å². The Bertz CT molecular complexity index is 429. The van der Waals surface area contributed by atoms with Crippen LogP contribution in [0.4, 0.5) is 4.39 Å². The van der Waals surface area contributed by atoms with Gasteiger partial charge in [-0.3, -0.25) is 4.79 Å². The molecule has 0 saturated heterocycles. The van der Waals surface area contributed by atoms with Gasteiger partial charge in [0.2, 0.25) is 0 Å². The Morgan fingerprint density at radius 1 is 1.11 bits per heavy atom. The predicted molar refractivity (Wildman–Crippen MR) is 76.9 cm³/mol. The van der Waals surface area contributed by atoms with Gasteiger partial charge in [-0.15, -0.1) is 0 Å². The SMILES string of the molecule is CC(C)(C)CC(C)(C)NCC(=O)c1ccc(F)cc1. The summed E-state index contributed by atoms with van der Waals surface area (Å²) in [6.07, 6.45) is 0.969. The Morgan fingerprint density at radius 2 is 1.63 bits per heavy atom. The summed E-state index contributed by atoms with van der Waals surface area (Å²) in [5.74, 6) is -0.334. The van der Waals surface area contributed by atoms with Crippen molar-refractivity contribution in [3.8, 4) is 0 Å². The molecule has 0 spiro atoms. The van der Waals surface area contributed by atoms with Gasteiger partial charge in [0.1, 0.15) is 5.82 Å². The third-order valence-electron chi connectivity index (χ3n) is 2.87. The summed E-state index contributed by atoms with van der Waals surface area (Å²) < 4.78 is 12.8. The second-order valence-corrected chi connectivity index (χ2v) is 6.90. The zero-order chi connectivity index (χ0) is 14.7. The molecule has 0 aliphatic carbocycles. The fraction of sp³-hybridized carbons (Fsp3) is 0.562. The van der Waals surface area contributed by atoms with E-state index in [-0.39, 0.29) is 29.1 Å². The number of rotatable bonds is 5. The monoisotopic (exact) mass is 265 g/mol. The van der Waals surface area contributed by atoms with E-state index in [0.717, 1.165) is 6.42 Å². The van der Waals surface area contributed by atoms with E-state index in [0.29, 0.717) is 5.56 Å². The Hall–Kier alpha value is -1.22. The molecule has 3 heteroatoms. The van der Waals surface area contributed by atoms with Gasteiger partial charge in [-0.25, -0.2) is 4.39 Å². The van der Waals surface area contributed by atoms with E-state index in [1.54, 1.807) is 0 Å². The van der Waals surface area contributed by atoms with Crippen LogP contribution in [0.2, 0.25) is 0 Å². The molecule has 0 saturated carbocycles. The van der Waals surface area contributed by atoms with Crippen LogP contribution in [0.25, 0.3) is 0 Å². The topological polar surface area (TPSA) is 29.1 Å². The smallest absolute Gasteiger partial charge is 0.176 e. The average Bonchev–Trinajstić information content (AvgIpc) is 2.24. The number of nitrogens with one attached hydrogen (secondary N) is 1. The minimum atomic E-state index is -0.322. The quantitative estimate of drug-likeness (QED) is 0.820. The second kappa shape index (κ2) is 5.83. The highest BCUT2D eigenvalue weighted by molar-refractivity contribution is 5.97. The summed E-state index contributed by atoms with van der Waals surface area (Å²) in [4.78, 5) is 12.0. The molecule has 0 aromatic heterocycles. The molecule has 1 aromatic rings. The van der Waals surface area contributed by atoms with Gasteiger partial charge in [0.05, 0.1) is 6.54 Å². The fourth-order valence-corrected chi connectivity index (χ4v) is 2.45. The highest BCUT2D eigenvalue weighted by Crippen LogP contribution is 2.26. The van der Waals surface area contributed by atoms with Crippen LogP contribution in [-0.2, 0) is 0 Å². The predicted octanol–water partition coefficient (Wildman–Crippen LogP) is 3.81. The Morgan fingerprint density at radius 3 is 2.11 bits per heavy atom. The molecule has 19 heavy (non-hydrogen) atoms. The molecule has 2 nitrogen and oxygen atoms in total. The molecule has 0 unspecified atom stereocenters. The Labute approximate surface area is 115 Å². The normalized spacial score (nSPS) is 12.5. The van der Waals surface area contributed by atoms with Gasteiger partial charge in [-0.05, 0) is 49.9 Å². The van der Waals surface area contributed by atoms with Crippen molar-refractivity contribution >= 4 is 5.78 Å². The van der Waals surface area contributed by atoms with Crippen molar-refractivity contribution < 1.29 is 9.18 Å². The molecule has 0 atom stereocenters. The molecule has 0 amide bonds. The van der Waals surface area contributed by atoms with Crippen LogP contribution in [0.3, 0.4) is 0 Å². The minimum absolute atomic E-state index is 0.0121. The fourth-order valence-electron chi connectivity index (χ4n) is 2.45. The maximum atomic E-state index is 12.8. The first-order chi connectivity index (χ1) is 8.59. The van der Waals surface area contributed by atoms with Crippen LogP contribution >= 0.6 is 0 Å². The van der Waals surface area contributed by atoms with Crippen molar-refractivity contribution in [2.75, 3.05) is 6.54 Å². The lowest BCUT2D eigenvalue weighted by Crippen LogP contribution is -2.44. The molecule has 0 heterocycles. The van der Waals surface area contributed by atoms with E-state index in [1.807, 2.05) is 0 Å². The second-order valence-electron chi connectivity index (χ2n) is 6.90. The van der Waals surface area contributed by atoms with E-state index in [9.17, 15) is 9.18 Å². The highest BCUT2D eigenvalue weighted by Gasteiger charge is 2.25. The number of carbonyl (C=O) groups is 1. The lowest BCUT2D eigenvalue weighted by atomic mass is 9.82. The first-order valence-electron chi connectivity index (χ1n) is 6.63. The zero-order valence-electron chi connectivity index (χ0n) is 12.5. The van der Waals surface area contributed by atoms with Gasteiger partial charge in [-0.2, -0.15) is 0 Å². The van der Waals surface area contributed by atoms with Gasteiger partial charge in [0.25, 0.3) is 0 Å². The van der Waals surface area contributed by atoms with Crippen LogP contribution in [-0.4, -0.2) is 17.9 Å². The number of benzene rings is 1. The maximum Gasteiger partial charge on any atom is 0.176 e. The van der Waals surface area contributed by atoms with Gasteiger partial charge in [0.15, 0.2) is 5.78 Å². The van der Waals surface area contributed by atoms with Crippen LogP contribution in [0.1, 0.15) is 51.4 Å². The molecular weight excluding hydrogens is 241 g/mol. The van der Waals surface area contributed by atoms with E-state index in [1.165, 1.54) is 24.3 Å². The molecule has 106 valence electrons. The Balaban J connectivity index is 2.56. The molecule has 1 N–H and O–H groups in total. The van der Waals surface area contributed by atoms with E-state index >= 15 is 0 Å². The van der Waals surface area contributed by atoms with E-state index in [4.69, 9.17) is 0 Å². The number of Topliss-reactive ketones (excluding diaryl/α,β-unsaturated/α-hetero) is 1. The summed E-state index contributed by atoms with van der Waals surface area (Å²) >= 11 is 0. The third kappa shape index (κ3) is 5.97. The average molecular weight is 265 g/mol. The molecule has 0 fully saturated rings. The van der Waals surface area contributed by atoms with Crippen molar-refractivity contribution in [3.63, 3.8) is 0 Å². The summed E-state index contributed by atoms with van der Waals surface area (Å²) in [7, 11) is 0. The third-order valence-corrected chi connectivity index (χ3v) is 2.87. The highest BCUT2D eigenvalue weighted by atomic mass is 19.1. The van der Waals surface area contributed by atoms with Crippen molar-refractivity contribution in [2.45, 2.75) is 46.6 Å². The summed E-state index contributed by atoms with van der Waals surface area (Å²) in [5, 5.41) is 3.29. The van der Waals surface area contributed by atoms with Gasteiger partial charge in [0, 0.05) is 11.1 Å². The summed E-state index contributed by atoms with van der Waals surface area (Å²) in [6.45, 7) is 11.0. The molecule has 1 aromatic carbocycles. The number of halogens is 1. The standard InChI is InChI=1S/C16H24FNO/c1-15(2,3)11-16(4,5)18-10-14(19)12-6-8-13(17)9-7-12/h6-9,18H,10-11H2,1-5H3. The van der Waals surface area contributed by atoms with E-state index in [2.05, 4.69) is 39.9 Å². The van der Waals surface area contributed by atoms with Crippen molar-refractivity contribution in [1.82, 2.24) is 5.32 Å². The Kier molecular flexibility index (Phi) is 4.86. The lowest BCUT2D eigenvalue weighted by molar-refractivity contribution is 0.0973. The van der Waals surface area contributed by atoms with Crippen molar-refractivity contribution in [1.29, 1.82) is 0 Å². The van der Waals surface area contributed by atoms with Gasteiger partial charge >= 0.3 is 0 Å². The van der Waals surface area contributed by atoms with Crippen LogP contribution < -0.4 is 5.32 Å². The number of ketones is 1. The summed E-state index contributed by atoms with van der Waals surface area (Å²) in [6, 6.07) is 5.67. The van der Waals surface area contributed by atoms with Crippen molar-refractivity contribution in [2.24, 2.45) is 5.41 Å². The molecule has 0 radical (unpaired) electrons. The van der Waals surface area contributed by atoms with Crippen LogP contribution in [0, 0.1) is 11.2 Å². The molecule has 0 bridgehead atoms. The molecule has 1 rings (SSSR count). The largest absolute Gasteiger partial charge is 0.305 e. The molecule has 0 aliphatic rings. The maximum absolute atomic E-state index is 12.8. The number of hydrogen-bond acceptors (Lipinski definition) is 2. The molecule has 0 aliphatic heterocycles. The van der Waals surface area contributed by atoms with Crippen molar-refractivity contribution in [3.05, 3.63) is 35.6 Å². The first kappa shape index (κ1) is 15.8. The van der Waals surface area contributed by atoms with Crippen LogP contribution in [0.5, 0.6) is 0 Å². The van der Waals surface area contributed by atoms with Crippen LogP contribution in [0.15, 0.2) is 24.3 Å². The lowest BCUT2D eigenvalue weighted by Gasteiger charge is -2.33. The van der Waals surface area contributed by atoms with E-state index < -0.39 is 0 Å². The number of carbonyl (C=O) groups excluding carboxylic acids is 1. The minimum Gasteiger partial charge on any atom is -0.305 e. The summed E-state index contributed by atoms with van der Waals surface area (Å²) in [5.41, 5.74) is 0.643. The first-order valence-corrected chi connectivity index (χ1v) is 6.63.